The van der Waals surface area contributed by atoms with Crippen LogP contribution in [0.25, 0.3) is 0 Å². The third-order valence-electron chi connectivity index (χ3n) is 1.94. The lowest BCUT2D eigenvalue weighted by Crippen LogP contribution is -1.94. The van der Waals surface area contributed by atoms with Gasteiger partial charge in [-0.1, -0.05) is 20.8 Å². The Labute approximate surface area is 85.0 Å². The zero-order valence-corrected chi connectivity index (χ0v) is 9.45. The molecule has 13 heavy (non-hydrogen) atoms. The van der Waals surface area contributed by atoms with Crippen molar-refractivity contribution in [1.29, 1.82) is 0 Å². The van der Waals surface area contributed by atoms with Crippen LogP contribution >= 0.6 is 11.8 Å². The normalized spacial score (nSPS) is 10.4. The van der Waals surface area contributed by atoms with Gasteiger partial charge in [0, 0.05) is 16.3 Å². The first-order valence-corrected chi connectivity index (χ1v) is 5.91. The van der Waals surface area contributed by atoms with Gasteiger partial charge in [0.15, 0.2) is 0 Å². The SMILES string of the molecule is CCSc1cc(CC)nc(CC)c1. The van der Waals surface area contributed by atoms with E-state index in [0.717, 1.165) is 18.6 Å². The molecule has 0 radical (unpaired) electrons. The zero-order chi connectivity index (χ0) is 9.68. The van der Waals surface area contributed by atoms with Gasteiger partial charge in [0.05, 0.1) is 0 Å². The van der Waals surface area contributed by atoms with Crippen molar-refractivity contribution in [1.82, 2.24) is 4.98 Å². The van der Waals surface area contributed by atoms with Crippen molar-refractivity contribution in [3.05, 3.63) is 23.5 Å². The van der Waals surface area contributed by atoms with Gasteiger partial charge in [0.1, 0.15) is 0 Å². The Balaban J connectivity index is 2.93. The Morgan fingerprint density at radius 3 is 2.00 bits per heavy atom. The zero-order valence-electron chi connectivity index (χ0n) is 8.63. The molecule has 0 aromatic carbocycles. The number of hydrogen-bond donors (Lipinski definition) is 0. The molecule has 0 N–H and O–H groups in total. The van der Waals surface area contributed by atoms with E-state index in [-0.39, 0.29) is 0 Å². The van der Waals surface area contributed by atoms with Crippen LogP contribution in [0, 0.1) is 0 Å². The summed E-state index contributed by atoms with van der Waals surface area (Å²) in [7, 11) is 0. The topological polar surface area (TPSA) is 12.9 Å². The Bertz CT molecular complexity index is 249. The number of nitrogens with zero attached hydrogens (tertiary/aromatic N) is 1. The number of hydrogen-bond acceptors (Lipinski definition) is 2. The van der Waals surface area contributed by atoms with Crippen LogP contribution < -0.4 is 0 Å². The van der Waals surface area contributed by atoms with E-state index in [4.69, 9.17) is 0 Å². The summed E-state index contributed by atoms with van der Waals surface area (Å²) in [5, 5.41) is 0. The predicted octanol–water partition coefficient (Wildman–Crippen LogP) is 3.32. The molecule has 72 valence electrons. The summed E-state index contributed by atoms with van der Waals surface area (Å²) in [6, 6.07) is 4.40. The van der Waals surface area contributed by atoms with Gasteiger partial charge in [-0.3, -0.25) is 4.98 Å². The average molecular weight is 195 g/mol. The second-order valence-corrected chi connectivity index (χ2v) is 4.26. The van der Waals surface area contributed by atoms with E-state index in [0.29, 0.717) is 0 Å². The molecule has 0 aliphatic heterocycles. The highest BCUT2D eigenvalue weighted by molar-refractivity contribution is 7.99. The van der Waals surface area contributed by atoms with Gasteiger partial charge in [0.2, 0.25) is 0 Å². The minimum absolute atomic E-state index is 1.03. The third kappa shape index (κ3) is 3.03. The predicted molar refractivity (Wildman–Crippen MR) is 59.4 cm³/mol. The van der Waals surface area contributed by atoms with Gasteiger partial charge in [-0.25, -0.2) is 0 Å². The van der Waals surface area contributed by atoms with Crippen LogP contribution in [0.2, 0.25) is 0 Å². The fraction of sp³-hybridized carbons (Fsp3) is 0.545. The number of pyridine rings is 1. The average Bonchev–Trinajstić information content (AvgIpc) is 2.17. The largest absolute Gasteiger partial charge is 0.258 e. The molecule has 1 rings (SSSR count). The van der Waals surface area contributed by atoms with Crippen molar-refractivity contribution in [3.63, 3.8) is 0 Å². The smallest absolute Gasteiger partial charge is 0.0415 e. The van der Waals surface area contributed by atoms with E-state index in [2.05, 4.69) is 37.9 Å². The maximum atomic E-state index is 4.54. The summed E-state index contributed by atoms with van der Waals surface area (Å²) in [5.41, 5.74) is 2.44. The maximum absolute atomic E-state index is 4.54. The quantitative estimate of drug-likeness (QED) is 0.684. The minimum atomic E-state index is 1.03. The molecule has 0 unspecified atom stereocenters. The van der Waals surface area contributed by atoms with Gasteiger partial charge in [0.25, 0.3) is 0 Å². The molecular formula is C11H17NS. The number of aromatic nitrogens is 1. The lowest BCUT2D eigenvalue weighted by atomic mass is 10.2. The molecule has 0 spiro atoms. The highest BCUT2D eigenvalue weighted by Gasteiger charge is 1.99. The highest BCUT2D eigenvalue weighted by Crippen LogP contribution is 2.19. The second-order valence-electron chi connectivity index (χ2n) is 2.93. The van der Waals surface area contributed by atoms with Crippen LogP contribution in [0.3, 0.4) is 0 Å². The molecule has 0 bridgehead atoms. The fourth-order valence-electron chi connectivity index (χ4n) is 1.23. The van der Waals surface area contributed by atoms with E-state index >= 15 is 0 Å². The molecule has 0 atom stereocenters. The number of rotatable bonds is 4. The Kier molecular flexibility index (Phi) is 4.29. The Hall–Kier alpha value is -0.500. The van der Waals surface area contributed by atoms with E-state index in [1.54, 1.807) is 0 Å². The van der Waals surface area contributed by atoms with Crippen LogP contribution in [0.15, 0.2) is 17.0 Å². The van der Waals surface area contributed by atoms with Gasteiger partial charge >= 0.3 is 0 Å². The molecule has 1 aromatic heterocycles. The number of aryl methyl sites for hydroxylation is 2. The Morgan fingerprint density at radius 1 is 1.08 bits per heavy atom. The summed E-state index contributed by atoms with van der Waals surface area (Å²) >= 11 is 1.89. The molecule has 0 aliphatic rings. The first-order chi connectivity index (χ1) is 6.30. The van der Waals surface area contributed by atoms with Crippen molar-refractivity contribution in [3.8, 4) is 0 Å². The van der Waals surface area contributed by atoms with E-state index in [9.17, 15) is 0 Å². The maximum Gasteiger partial charge on any atom is 0.0415 e. The van der Waals surface area contributed by atoms with Gasteiger partial charge < -0.3 is 0 Å². The molecule has 0 aliphatic carbocycles. The van der Waals surface area contributed by atoms with Gasteiger partial charge in [-0.15, -0.1) is 11.8 Å². The van der Waals surface area contributed by atoms with Crippen molar-refractivity contribution < 1.29 is 0 Å². The highest BCUT2D eigenvalue weighted by atomic mass is 32.2. The van der Waals surface area contributed by atoms with E-state index < -0.39 is 0 Å². The van der Waals surface area contributed by atoms with Crippen LogP contribution in [-0.2, 0) is 12.8 Å². The van der Waals surface area contributed by atoms with Gasteiger partial charge in [-0.2, -0.15) is 0 Å². The summed E-state index contributed by atoms with van der Waals surface area (Å²) in [6.45, 7) is 6.49. The van der Waals surface area contributed by atoms with Crippen molar-refractivity contribution in [2.75, 3.05) is 5.75 Å². The van der Waals surface area contributed by atoms with Crippen molar-refractivity contribution in [2.45, 2.75) is 38.5 Å². The van der Waals surface area contributed by atoms with Gasteiger partial charge in [-0.05, 0) is 30.7 Å². The van der Waals surface area contributed by atoms with E-state index in [1.807, 2.05) is 11.8 Å². The van der Waals surface area contributed by atoms with Crippen molar-refractivity contribution in [2.24, 2.45) is 0 Å². The number of thioether (sulfide) groups is 1. The third-order valence-corrected chi connectivity index (χ3v) is 2.80. The summed E-state index contributed by atoms with van der Waals surface area (Å²) in [6.07, 6.45) is 2.07. The summed E-state index contributed by atoms with van der Waals surface area (Å²) in [5.74, 6) is 1.14. The fourth-order valence-corrected chi connectivity index (χ4v) is 2.00. The van der Waals surface area contributed by atoms with Crippen molar-refractivity contribution >= 4 is 11.8 Å². The van der Waals surface area contributed by atoms with Crippen LogP contribution in [-0.4, -0.2) is 10.7 Å². The van der Waals surface area contributed by atoms with Crippen LogP contribution in [0.1, 0.15) is 32.2 Å². The first-order valence-electron chi connectivity index (χ1n) is 4.92. The monoisotopic (exact) mass is 195 g/mol. The second kappa shape index (κ2) is 5.28. The van der Waals surface area contributed by atoms with Crippen LogP contribution in [0.5, 0.6) is 0 Å². The molecule has 1 aromatic rings. The summed E-state index contributed by atoms with van der Waals surface area (Å²) < 4.78 is 0. The molecule has 1 heterocycles. The van der Waals surface area contributed by atoms with Crippen LogP contribution in [0.4, 0.5) is 0 Å². The first kappa shape index (κ1) is 10.6. The molecule has 0 fully saturated rings. The molecule has 1 nitrogen and oxygen atoms in total. The molecular weight excluding hydrogens is 178 g/mol. The lowest BCUT2D eigenvalue weighted by molar-refractivity contribution is 0.937. The molecule has 0 amide bonds. The molecule has 2 heteroatoms. The lowest BCUT2D eigenvalue weighted by Gasteiger charge is -2.04. The Morgan fingerprint density at radius 2 is 1.62 bits per heavy atom. The molecule has 0 saturated carbocycles. The molecule has 0 saturated heterocycles. The van der Waals surface area contributed by atoms with E-state index in [1.165, 1.54) is 16.3 Å². The summed E-state index contributed by atoms with van der Waals surface area (Å²) in [4.78, 5) is 5.91. The minimum Gasteiger partial charge on any atom is -0.258 e. The standard InChI is InChI=1S/C11H17NS/c1-4-9-7-11(13-6-3)8-10(5-2)12-9/h7-8H,4-6H2,1-3H3.